The van der Waals surface area contributed by atoms with Crippen LogP contribution < -0.4 is 5.32 Å². The van der Waals surface area contributed by atoms with E-state index < -0.39 is 0 Å². The molecule has 0 fully saturated rings. The number of rotatable bonds is 7. The molecule has 0 spiro atoms. The quantitative estimate of drug-likeness (QED) is 0.575. The van der Waals surface area contributed by atoms with Crippen molar-refractivity contribution in [3.63, 3.8) is 0 Å². The summed E-state index contributed by atoms with van der Waals surface area (Å²) in [5, 5.41) is 8.96. The Balaban J connectivity index is 2.80. The second kappa shape index (κ2) is 7.70. The van der Waals surface area contributed by atoms with Crippen LogP contribution in [0.3, 0.4) is 0 Å². The van der Waals surface area contributed by atoms with Gasteiger partial charge in [0.1, 0.15) is 0 Å². The number of hydrogen-bond acceptors (Lipinski definition) is 2. The molecule has 1 aromatic rings. The smallest absolute Gasteiger partial charge is 0.0863 e. The van der Waals surface area contributed by atoms with E-state index in [0.29, 0.717) is 12.0 Å². The van der Waals surface area contributed by atoms with Gasteiger partial charge in [-0.3, -0.25) is 4.68 Å². The van der Waals surface area contributed by atoms with Crippen molar-refractivity contribution in [2.24, 2.45) is 5.92 Å². The summed E-state index contributed by atoms with van der Waals surface area (Å²) >= 11 is 8.82. The number of hydrogen-bond donors (Lipinski definition) is 1. The van der Waals surface area contributed by atoms with Crippen molar-refractivity contribution in [3.8, 4) is 0 Å². The lowest BCUT2D eigenvalue weighted by Gasteiger charge is -2.20. The average Bonchev–Trinajstić information content (AvgIpc) is 2.66. The third-order valence-corrected chi connectivity index (χ3v) is 4.58. The lowest BCUT2D eigenvalue weighted by molar-refractivity contribution is 0.426. The summed E-state index contributed by atoms with van der Waals surface area (Å²) in [7, 11) is 0. The highest BCUT2D eigenvalue weighted by Gasteiger charge is 2.17. The van der Waals surface area contributed by atoms with Crippen molar-refractivity contribution in [3.05, 3.63) is 16.4 Å². The van der Waals surface area contributed by atoms with Gasteiger partial charge in [-0.1, -0.05) is 55.0 Å². The van der Waals surface area contributed by atoms with Gasteiger partial charge in [-0.05, 0) is 19.3 Å². The zero-order valence-corrected chi connectivity index (χ0v) is 14.5. The molecule has 1 atom stereocenters. The van der Waals surface area contributed by atoms with Gasteiger partial charge in [0.25, 0.3) is 0 Å². The maximum atomic E-state index is 6.39. The van der Waals surface area contributed by atoms with Gasteiger partial charge >= 0.3 is 0 Å². The van der Waals surface area contributed by atoms with Crippen LogP contribution in [-0.4, -0.2) is 20.2 Å². The van der Waals surface area contributed by atoms with Gasteiger partial charge in [-0.15, -0.1) is 0 Å². The maximum absolute atomic E-state index is 6.39. The van der Waals surface area contributed by atoms with Gasteiger partial charge in [0.15, 0.2) is 0 Å². The fourth-order valence-corrected chi connectivity index (χ4v) is 3.55. The Morgan fingerprint density at radius 3 is 2.50 bits per heavy atom. The summed E-state index contributed by atoms with van der Waals surface area (Å²) in [5.41, 5.74) is 2.12. The molecule has 3 nitrogen and oxygen atoms in total. The summed E-state index contributed by atoms with van der Waals surface area (Å²) in [6.45, 7) is 10.3. The van der Waals surface area contributed by atoms with E-state index in [0.717, 1.165) is 40.3 Å². The van der Waals surface area contributed by atoms with Crippen LogP contribution in [-0.2, 0) is 19.5 Å². The van der Waals surface area contributed by atoms with Crippen LogP contribution in [0.25, 0.3) is 0 Å². The van der Waals surface area contributed by atoms with Crippen molar-refractivity contribution in [2.45, 2.75) is 53.2 Å². The van der Waals surface area contributed by atoms with Gasteiger partial charge in [0.05, 0.1) is 16.4 Å². The number of nitrogens with zero attached hydrogens (tertiary/aromatic N) is 2. The van der Waals surface area contributed by atoms with Crippen LogP contribution in [0.2, 0.25) is 5.02 Å². The summed E-state index contributed by atoms with van der Waals surface area (Å²) < 4.78 is 3.12. The van der Waals surface area contributed by atoms with Gasteiger partial charge in [0, 0.05) is 23.6 Å². The molecular formula is C13H23ClIN3. The molecule has 0 saturated carbocycles. The first-order valence-electron chi connectivity index (χ1n) is 6.58. The summed E-state index contributed by atoms with van der Waals surface area (Å²) in [4.78, 5) is 0. The molecule has 1 rings (SSSR count). The highest BCUT2D eigenvalue weighted by molar-refractivity contribution is 14.1. The van der Waals surface area contributed by atoms with E-state index in [-0.39, 0.29) is 0 Å². The van der Waals surface area contributed by atoms with Gasteiger partial charge in [-0.25, -0.2) is 0 Å². The topological polar surface area (TPSA) is 29.9 Å². The number of aromatic nitrogens is 2. The molecule has 1 aromatic heterocycles. The minimum absolute atomic E-state index is 0.520. The van der Waals surface area contributed by atoms with E-state index in [9.17, 15) is 0 Å². The highest BCUT2D eigenvalue weighted by atomic mass is 127. The van der Waals surface area contributed by atoms with Crippen LogP contribution in [0.4, 0.5) is 0 Å². The first kappa shape index (κ1) is 16.2. The maximum Gasteiger partial charge on any atom is 0.0863 e. The second-order valence-corrected chi connectivity index (χ2v) is 6.02. The van der Waals surface area contributed by atoms with Gasteiger partial charge in [0.2, 0.25) is 0 Å². The molecule has 0 radical (unpaired) electrons. The largest absolute Gasteiger partial charge is 0.307 e. The van der Waals surface area contributed by atoms with E-state index in [2.05, 4.69) is 60.7 Å². The Labute approximate surface area is 129 Å². The Kier molecular flexibility index (Phi) is 6.95. The number of aryl methyl sites for hydroxylation is 2. The molecule has 0 bridgehead atoms. The van der Waals surface area contributed by atoms with E-state index in [1.807, 2.05) is 4.68 Å². The molecule has 5 heteroatoms. The summed E-state index contributed by atoms with van der Waals surface area (Å²) in [5.74, 6) is 0.629. The lowest BCUT2D eigenvalue weighted by Crippen LogP contribution is -2.35. The van der Waals surface area contributed by atoms with Crippen molar-refractivity contribution in [2.75, 3.05) is 4.43 Å². The fourth-order valence-electron chi connectivity index (χ4n) is 1.88. The summed E-state index contributed by atoms with van der Waals surface area (Å²) in [6, 6.07) is 0.520. The molecule has 0 amide bonds. The minimum atomic E-state index is 0.520. The van der Waals surface area contributed by atoms with E-state index in [4.69, 9.17) is 11.6 Å². The first-order valence-corrected chi connectivity index (χ1v) is 8.48. The number of halogens is 2. The Morgan fingerprint density at radius 1 is 1.39 bits per heavy atom. The molecule has 104 valence electrons. The molecule has 0 aliphatic heterocycles. The number of alkyl halides is 1. The molecule has 0 aliphatic rings. The Hall–Kier alpha value is 0.190. The SMILES string of the molecule is CCc1nn(CC)c(CNC(CI)C(C)C)c1Cl. The second-order valence-electron chi connectivity index (χ2n) is 4.76. The van der Waals surface area contributed by atoms with Crippen LogP contribution in [0.15, 0.2) is 0 Å². The molecule has 1 heterocycles. The first-order chi connectivity index (χ1) is 8.54. The highest BCUT2D eigenvalue weighted by Crippen LogP contribution is 2.22. The fraction of sp³-hybridized carbons (Fsp3) is 0.769. The molecular weight excluding hydrogens is 361 g/mol. The van der Waals surface area contributed by atoms with Crippen molar-refractivity contribution in [1.29, 1.82) is 0 Å². The Morgan fingerprint density at radius 2 is 2.06 bits per heavy atom. The predicted octanol–water partition coefficient (Wildman–Crippen LogP) is 3.67. The molecule has 1 unspecified atom stereocenters. The number of nitrogens with one attached hydrogen (secondary N) is 1. The molecule has 1 N–H and O–H groups in total. The van der Waals surface area contributed by atoms with Gasteiger partial charge in [-0.2, -0.15) is 5.10 Å². The Bertz CT molecular complexity index is 377. The molecule has 0 saturated heterocycles. The lowest BCUT2D eigenvalue weighted by atomic mass is 10.1. The molecule has 18 heavy (non-hydrogen) atoms. The van der Waals surface area contributed by atoms with Crippen LogP contribution in [0.5, 0.6) is 0 Å². The van der Waals surface area contributed by atoms with Crippen molar-refractivity contribution in [1.82, 2.24) is 15.1 Å². The third-order valence-electron chi connectivity index (χ3n) is 3.20. The predicted molar refractivity (Wildman–Crippen MR) is 86.6 cm³/mol. The molecule has 0 aliphatic carbocycles. The van der Waals surface area contributed by atoms with E-state index in [1.165, 1.54) is 0 Å². The molecule has 0 aromatic carbocycles. The van der Waals surface area contributed by atoms with Gasteiger partial charge < -0.3 is 5.32 Å². The van der Waals surface area contributed by atoms with Crippen molar-refractivity contribution < 1.29 is 0 Å². The van der Waals surface area contributed by atoms with Crippen LogP contribution in [0, 0.1) is 5.92 Å². The summed E-state index contributed by atoms with van der Waals surface area (Å²) in [6.07, 6.45) is 0.888. The van der Waals surface area contributed by atoms with E-state index in [1.54, 1.807) is 0 Å². The minimum Gasteiger partial charge on any atom is -0.307 e. The standard InChI is InChI=1S/C13H23ClIN3/c1-5-10-13(14)12(18(6-2)17-10)8-16-11(7-15)9(3)4/h9,11,16H,5-8H2,1-4H3. The average molecular weight is 384 g/mol. The monoisotopic (exact) mass is 383 g/mol. The zero-order valence-electron chi connectivity index (χ0n) is 11.6. The van der Waals surface area contributed by atoms with Crippen LogP contribution in [0.1, 0.15) is 39.1 Å². The van der Waals surface area contributed by atoms with Crippen molar-refractivity contribution >= 4 is 34.2 Å². The van der Waals surface area contributed by atoms with Crippen LogP contribution >= 0.6 is 34.2 Å². The zero-order chi connectivity index (χ0) is 13.7. The van der Waals surface area contributed by atoms with E-state index >= 15 is 0 Å². The third kappa shape index (κ3) is 3.84. The normalized spacial score (nSPS) is 13.3.